The number of nitrogens with zero attached hydrogens (tertiary/aromatic N) is 4. The Bertz CT molecular complexity index is 1100. The molecule has 9 nitrogen and oxygen atoms in total. The number of imidazole rings is 1. The van der Waals surface area contributed by atoms with E-state index in [1.54, 1.807) is 0 Å². The average molecular weight is 459 g/mol. The first-order valence-corrected chi connectivity index (χ1v) is 12.7. The highest BCUT2D eigenvalue weighted by Crippen LogP contribution is 2.51. The summed E-state index contributed by atoms with van der Waals surface area (Å²) in [5.74, 6) is 0.298. The maximum atomic E-state index is 12.9. The van der Waals surface area contributed by atoms with E-state index in [0.29, 0.717) is 43.3 Å². The number of hydrogen-bond acceptors (Lipinski definition) is 8. The Balaban J connectivity index is 1.88. The lowest BCUT2D eigenvalue weighted by molar-refractivity contribution is 0.219. The molecule has 0 amide bonds. The van der Waals surface area contributed by atoms with Gasteiger partial charge in [-0.1, -0.05) is 37.6 Å². The first-order valence-electron chi connectivity index (χ1n) is 11.0. The van der Waals surface area contributed by atoms with E-state index in [9.17, 15) is 4.57 Å². The fraction of sp³-hybridized carbons (Fsp3) is 0.476. The molecule has 3 rings (SSSR count). The Morgan fingerprint density at radius 3 is 2.50 bits per heavy atom. The van der Waals surface area contributed by atoms with Crippen molar-refractivity contribution in [2.75, 3.05) is 25.6 Å². The molecule has 3 aromatic rings. The highest BCUT2D eigenvalue weighted by molar-refractivity contribution is 7.53. The Hall–Kier alpha value is -2.42. The van der Waals surface area contributed by atoms with E-state index in [-0.39, 0.29) is 12.2 Å². The predicted molar refractivity (Wildman–Crippen MR) is 128 cm³/mol. The van der Waals surface area contributed by atoms with Gasteiger partial charge in [0, 0.05) is 6.54 Å². The Morgan fingerprint density at radius 1 is 1.09 bits per heavy atom. The van der Waals surface area contributed by atoms with Gasteiger partial charge in [-0.2, -0.15) is 9.97 Å². The van der Waals surface area contributed by atoms with Gasteiger partial charge in [0.25, 0.3) is 0 Å². The molecule has 2 N–H and O–H groups in total. The van der Waals surface area contributed by atoms with E-state index >= 15 is 0 Å². The molecule has 0 saturated carbocycles. The second kappa shape index (κ2) is 10.9. The lowest BCUT2D eigenvalue weighted by atomic mass is 10.1. The molecule has 0 radical (unpaired) electrons. The summed E-state index contributed by atoms with van der Waals surface area (Å²) in [5.41, 5.74) is 9.96. The van der Waals surface area contributed by atoms with E-state index in [0.717, 1.165) is 29.7 Å². The van der Waals surface area contributed by atoms with Crippen LogP contribution in [0, 0.1) is 0 Å². The molecule has 172 valence electrons. The number of nitrogens with two attached hydrogens (primary N) is 1. The fourth-order valence-electron chi connectivity index (χ4n) is 3.43. The topological polar surface area (TPSA) is 114 Å². The molecule has 0 bridgehead atoms. The van der Waals surface area contributed by atoms with E-state index < -0.39 is 7.60 Å². The molecule has 0 aliphatic rings. The van der Waals surface area contributed by atoms with Crippen LogP contribution in [0.3, 0.4) is 0 Å². The molecule has 32 heavy (non-hydrogen) atoms. The first kappa shape index (κ1) is 24.2. The lowest BCUT2D eigenvalue weighted by Gasteiger charge is -2.17. The summed E-state index contributed by atoms with van der Waals surface area (Å²) in [6, 6.07) is 8.12. The molecule has 0 unspecified atom stereocenters. The van der Waals surface area contributed by atoms with Crippen LogP contribution in [0.5, 0.6) is 6.01 Å². The van der Waals surface area contributed by atoms with Crippen LogP contribution in [0.4, 0.5) is 5.82 Å². The molecule has 0 atom stereocenters. The minimum atomic E-state index is -3.18. The average Bonchev–Trinajstić information content (AvgIpc) is 3.05. The van der Waals surface area contributed by atoms with Crippen LogP contribution in [0.15, 0.2) is 24.3 Å². The molecule has 11 heteroatoms. The van der Waals surface area contributed by atoms with Gasteiger partial charge in [0.15, 0.2) is 19.3 Å². The number of hydrogen-bond donors (Lipinski definition) is 1. The molecular weight excluding hydrogens is 428 g/mol. The predicted octanol–water partition coefficient (Wildman–Crippen LogP) is 2.66. The van der Waals surface area contributed by atoms with E-state index in [4.69, 9.17) is 19.5 Å². The summed E-state index contributed by atoms with van der Waals surface area (Å²) in [5, 5.41) is 0. The molecule has 0 aliphatic heterocycles. The second-order valence-corrected chi connectivity index (χ2v) is 9.49. The number of ether oxygens (including phenoxy) is 1. The quantitative estimate of drug-likeness (QED) is 0.250. The zero-order valence-corrected chi connectivity index (χ0v) is 20.1. The van der Waals surface area contributed by atoms with Crippen molar-refractivity contribution in [1.82, 2.24) is 19.5 Å². The van der Waals surface area contributed by atoms with Crippen LogP contribution in [0.1, 0.15) is 44.7 Å². The van der Waals surface area contributed by atoms with Crippen molar-refractivity contribution in [3.8, 4) is 6.01 Å². The van der Waals surface area contributed by atoms with Crippen LogP contribution >= 0.6 is 7.60 Å². The van der Waals surface area contributed by atoms with Crippen LogP contribution in [0.25, 0.3) is 11.2 Å². The molecular formula is C21H31BN5O4P. The highest BCUT2D eigenvalue weighted by Gasteiger charge is 2.24. The third-order valence-corrected chi connectivity index (χ3v) is 6.94. The monoisotopic (exact) mass is 459 g/mol. The van der Waals surface area contributed by atoms with Gasteiger partial charge in [0.05, 0.1) is 31.7 Å². The van der Waals surface area contributed by atoms with Crippen molar-refractivity contribution < 1.29 is 18.3 Å². The fourth-order valence-corrected chi connectivity index (χ4v) is 5.11. The molecule has 2 aromatic heterocycles. The molecule has 0 saturated heterocycles. The molecule has 0 fully saturated rings. The summed E-state index contributed by atoms with van der Waals surface area (Å²) in [6.45, 7) is 7.44. The Kier molecular flexibility index (Phi) is 8.29. The van der Waals surface area contributed by atoms with Crippen LogP contribution in [0.2, 0.25) is 0 Å². The van der Waals surface area contributed by atoms with Gasteiger partial charge in [0.1, 0.15) is 5.52 Å². The van der Waals surface area contributed by atoms with Crippen molar-refractivity contribution in [3.63, 3.8) is 0 Å². The summed E-state index contributed by atoms with van der Waals surface area (Å²) >= 11 is 0. The zero-order chi connectivity index (χ0) is 23.1. The minimum absolute atomic E-state index is 0.219. The van der Waals surface area contributed by atoms with E-state index in [2.05, 4.69) is 21.9 Å². The van der Waals surface area contributed by atoms with Crippen molar-refractivity contribution in [3.05, 3.63) is 35.4 Å². The van der Waals surface area contributed by atoms with E-state index in [1.807, 2.05) is 50.5 Å². The van der Waals surface area contributed by atoms with Gasteiger partial charge in [0.2, 0.25) is 0 Å². The first-order chi connectivity index (χ1) is 15.4. The number of unbranched alkanes of at least 4 members (excludes halogenated alkanes) is 1. The van der Waals surface area contributed by atoms with E-state index in [1.165, 1.54) is 0 Å². The van der Waals surface area contributed by atoms with Gasteiger partial charge in [-0.3, -0.25) is 4.57 Å². The van der Waals surface area contributed by atoms with Crippen LogP contribution < -0.4 is 16.2 Å². The SMILES string of the molecule is Bc1nc2c(N)nc(OCCCC)nc2n1Cc1cccc(CP(=O)(OCC)OCC)c1. The van der Waals surface area contributed by atoms with Crippen LogP contribution in [-0.4, -0.2) is 47.2 Å². The maximum Gasteiger partial charge on any atom is 0.335 e. The van der Waals surface area contributed by atoms with Crippen LogP contribution in [-0.2, 0) is 26.3 Å². The molecule has 2 heterocycles. The maximum absolute atomic E-state index is 12.9. The van der Waals surface area contributed by atoms with Gasteiger partial charge in [-0.25, -0.2) is 4.98 Å². The Labute approximate surface area is 189 Å². The normalized spacial score (nSPS) is 11.8. The Morgan fingerprint density at radius 2 is 1.81 bits per heavy atom. The zero-order valence-electron chi connectivity index (χ0n) is 19.2. The molecule has 0 aliphatic carbocycles. The number of nitrogen functional groups attached to an aromatic ring is 1. The molecule has 1 aromatic carbocycles. The van der Waals surface area contributed by atoms with Gasteiger partial charge in [-0.15, -0.1) is 0 Å². The summed E-state index contributed by atoms with van der Waals surface area (Å²) in [7, 11) is -1.28. The largest absolute Gasteiger partial charge is 0.463 e. The standard InChI is InChI=1S/C21H31BN5O4P/c1-4-7-11-29-21-25-18(23)17-19(26-21)27(20(22)24-17)13-15-9-8-10-16(12-15)14-32(28,30-5-2)31-6-3/h8-10,12H,4-7,11,13-14,22H2,1-3H3,(H2,23,25,26). The van der Waals surface area contributed by atoms with Crippen molar-refractivity contribution in [1.29, 1.82) is 0 Å². The van der Waals surface area contributed by atoms with Gasteiger partial charge in [-0.05, 0) is 31.4 Å². The summed E-state index contributed by atoms with van der Waals surface area (Å²) in [6.07, 6.45) is 2.15. The second-order valence-electron chi connectivity index (χ2n) is 7.44. The smallest absolute Gasteiger partial charge is 0.335 e. The number of rotatable bonds is 12. The number of fused-ring (bicyclic) bond motifs is 1. The lowest BCUT2D eigenvalue weighted by Crippen LogP contribution is -2.20. The van der Waals surface area contributed by atoms with Crippen molar-refractivity contribution in [2.45, 2.75) is 46.3 Å². The van der Waals surface area contributed by atoms with Crippen molar-refractivity contribution >= 4 is 38.1 Å². The number of anilines is 1. The third kappa shape index (κ3) is 5.88. The highest BCUT2D eigenvalue weighted by atomic mass is 31.2. The van der Waals surface area contributed by atoms with Gasteiger partial charge < -0.3 is 24.1 Å². The number of benzene rings is 1. The summed E-state index contributed by atoms with van der Waals surface area (Å²) in [4.78, 5) is 13.3. The van der Waals surface area contributed by atoms with Gasteiger partial charge >= 0.3 is 13.6 Å². The third-order valence-electron chi connectivity index (χ3n) is 4.88. The molecule has 0 spiro atoms. The summed E-state index contributed by atoms with van der Waals surface area (Å²) < 4.78 is 31.4. The minimum Gasteiger partial charge on any atom is -0.463 e. The van der Waals surface area contributed by atoms with Crippen molar-refractivity contribution in [2.24, 2.45) is 0 Å². The number of aromatic nitrogens is 4.